The Morgan fingerprint density at radius 1 is 1.20 bits per heavy atom. The van der Waals surface area contributed by atoms with Crippen molar-refractivity contribution < 1.29 is 14.7 Å². The molecule has 0 spiro atoms. The zero-order valence-electron chi connectivity index (χ0n) is 12.4. The second-order valence-electron chi connectivity index (χ2n) is 5.12. The van der Waals surface area contributed by atoms with E-state index in [1.54, 1.807) is 0 Å². The van der Waals surface area contributed by atoms with E-state index in [-0.39, 0.29) is 12.3 Å². The molecule has 0 aliphatic carbocycles. The van der Waals surface area contributed by atoms with Gasteiger partial charge in [0.05, 0.1) is 6.42 Å². The first-order chi connectivity index (χ1) is 9.45. The highest BCUT2D eigenvalue weighted by Crippen LogP contribution is 2.10. The minimum absolute atomic E-state index is 0.179. The van der Waals surface area contributed by atoms with E-state index in [1.165, 1.54) is 24.4 Å². The molecular weight excluding hydrogens is 254 g/mol. The van der Waals surface area contributed by atoms with Crippen LogP contribution in [0.3, 0.4) is 0 Å². The molecule has 0 aliphatic heterocycles. The van der Waals surface area contributed by atoms with E-state index >= 15 is 0 Å². The van der Waals surface area contributed by atoms with E-state index in [2.05, 4.69) is 6.92 Å². The number of benzene rings is 1. The van der Waals surface area contributed by atoms with Gasteiger partial charge in [-0.2, -0.15) is 0 Å². The molecule has 1 aromatic rings. The number of hydrogen-bond donors (Lipinski definition) is 1. The second kappa shape index (κ2) is 7.68. The lowest BCUT2D eigenvalue weighted by Crippen LogP contribution is -2.41. The largest absolute Gasteiger partial charge is 0.480 e. The number of likely N-dealkylation sites (N-methyl/N-ethyl adjacent to an activating group) is 1. The summed E-state index contributed by atoms with van der Waals surface area (Å²) >= 11 is 0. The summed E-state index contributed by atoms with van der Waals surface area (Å²) in [6.07, 6.45) is 3.62. The van der Waals surface area contributed by atoms with Gasteiger partial charge in [-0.1, -0.05) is 37.6 Å². The maximum atomic E-state index is 12.0. The predicted molar refractivity (Wildman–Crippen MR) is 78.6 cm³/mol. The van der Waals surface area contributed by atoms with Crippen LogP contribution in [0.1, 0.15) is 37.8 Å². The summed E-state index contributed by atoms with van der Waals surface area (Å²) in [5.74, 6) is -1.17. The van der Waals surface area contributed by atoms with Gasteiger partial charge in [0.25, 0.3) is 0 Å². The van der Waals surface area contributed by atoms with Crippen LogP contribution in [-0.2, 0) is 22.4 Å². The number of rotatable bonds is 7. The van der Waals surface area contributed by atoms with Crippen molar-refractivity contribution in [1.82, 2.24) is 4.90 Å². The molecule has 4 nitrogen and oxygen atoms in total. The average Bonchev–Trinajstić information content (AvgIpc) is 2.44. The third-order valence-electron chi connectivity index (χ3n) is 3.53. The number of carbonyl (C=O) groups is 2. The molecule has 1 amide bonds. The standard InChI is InChI=1S/C16H23NO3/c1-4-5-6-13-7-9-14(10-8-13)11-15(18)17(3)12(2)16(19)20/h7-10,12H,4-6,11H2,1-3H3,(H,19,20). The zero-order chi connectivity index (χ0) is 15.1. The zero-order valence-corrected chi connectivity index (χ0v) is 12.4. The lowest BCUT2D eigenvalue weighted by atomic mass is 10.0. The van der Waals surface area contributed by atoms with Crippen molar-refractivity contribution in [2.75, 3.05) is 7.05 Å². The molecule has 0 heterocycles. The number of carboxylic acids is 1. The fourth-order valence-corrected chi connectivity index (χ4v) is 1.89. The fraction of sp³-hybridized carbons (Fsp3) is 0.500. The lowest BCUT2D eigenvalue weighted by molar-refractivity contribution is -0.147. The Bertz CT molecular complexity index is 453. The van der Waals surface area contributed by atoms with Gasteiger partial charge in [0.2, 0.25) is 5.91 Å². The predicted octanol–water partition coefficient (Wildman–Crippen LogP) is 2.50. The van der Waals surface area contributed by atoms with Crippen LogP contribution in [-0.4, -0.2) is 35.0 Å². The van der Waals surface area contributed by atoms with Crippen molar-refractivity contribution >= 4 is 11.9 Å². The van der Waals surface area contributed by atoms with Crippen LogP contribution in [0.15, 0.2) is 24.3 Å². The molecule has 1 N–H and O–H groups in total. The monoisotopic (exact) mass is 277 g/mol. The van der Waals surface area contributed by atoms with E-state index in [0.717, 1.165) is 24.8 Å². The molecule has 4 heteroatoms. The summed E-state index contributed by atoms with van der Waals surface area (Å²) in [5, 5.41) is 8.89. The molecule has 1 unspecified atom stereocenters. The smallest absolute Gasteiger partial charge is 0.326 e. The van der Waals surface area contributed by atoms with E-state index in [4.69, 9.17) is 5.11 Å². The van der Waals surface area contributed by atoms with Gasteiger partial charge in [-0.3, -0.25) is 4.79 Å². The Morgan fingerprint density at radius 3 is 2.25 bits per heavy atom. The molecule has 110 valence electrons. The summed E-state index contributed by atoms with van der Waals surface area (Å²) in [6, 6.07) is 7.17. The third-order valence-corrected chi connectivity index (χ3v) is 3.53. The number of hydrogen-bond acceptors (Lipinski definition) is 2. The molecule has 0 saturated heterocycles. The Balaban J connectivity index is 2.60. The minimum atomic E-state index is -0.990. The van der Waals surface area contributed by atoms with Gasteiger partial charge in [0, 0.05) is 7.05 Å². The average molecular weight is 277 g/mol. The summed E-state index contributed by atoms with van der Waals surface area (Å²) in [7, 11) is 1.52. The van der Waals surface area contributed by atoms with E-state index < -0.39 is 12.0 Å². The van der Waals surface area contributed by atoms with Crippen LogP contribution in [0.25, 0.3) is 0 Å². The number of carbonyl (C=O) groups excluding carboxylic acids is 1. The van der Waals surface area contributed by atoms with Gasteiger partial charge in [-0.15, -0.1) is 0 Å². The Kier molecular flexibility index (Phi) is 6.22. The van der Waals surface area contributed by atoms with E-state index in [1.807, 2.05) is 24.3 Å². The van der Waals surface area contributed by atoms with Crippen molar-refractivity contribution in [3.05, 3.63) is 35.4 Å². The molecule has 0 aliphatic rings. The molecule has 0 bridgehead atoms. The quantitative estimate of drug-likeness (QED) is 0.833. The highest BCUT2D eigenvalue weighted by Gasteiger charge is 2.21. The van der Waals surface area contributed by atoms with Crippen molar-refractivity contribution in [1.29, 1.82) is 0 Å². The highest BCUT2D eigenvalue weighted by atomic mass is 16.4. The Labute approximate surface area is 120 Å². The molecule has 1 aromatic carbocycles. The summed E-state index contributed by atoms with van der Waals surface area (Å²) < 4.78 is 0. The van der Waals surface area contributed by atoms with Crippen molar-refractivity contribution in [3.63, 3.8) is 0 Å². The number of unbranched alkanes of at least 4 members (excludes halogenated alkanes) is 1. The number of aliphatic carboxylic acids is 1. The number of amides is 1. The highest BCUT2D eigenvalue weighted by molar-refractivity contribution is 5.84. The molecule has 0 radical (unpaired) electrons. The van der Waals surface area contributed by atoms with Crippen molar-refractivity contribution in [3.8, 4) is 0 Å². The van der Waals surface area contributed by atoms with E-state index in [9.17, 15) is 9.59 Å². The first-order valence-electron chi connectivity index (χ1n) is 7.02. The summed E-state index contributed by atoms with van der Waals surface area (Å²) in [4.78, 5) is 24.1. The first-order valence-corrected chi connectivity index (χ1v) is 7.02. The molecule has 1 atom stereocenters. The van der Waals surface area contributed by atoms with Crippen LogP contribution in [0.2, 0.25) is 0 Å². The molecule has 0 fully saturated rings. The minimum Gasteiger partial charge on any atom is -0.480 e. The van der Waals surface area contributed by atoms with Gasteiger partial charge >= 0.3 is 5.97 Å². The summed E-state index contributed by atoms with van der Waals surface area (Å²) in [5.41, 5.74) is 2.19. The van der Waals surface area contributed by atoms with Gasteiger partial charge in [0.1, 0.15) is 6.04 Å². The first kappa shape index (κ1) is 16.2. The third kappa shape index (κ3) is 4.68. The van der Waals surface area contributed by atoms with Crippen LogP contribution in [0.4, 0.5) is 0 Å². The number of aryl methyl sites for hydroxylation is 1. The van der Waals surface area contributed by atoms with Gasteiger partial charge < -0.3 is 10.0 Å². The van der Waals surface area contributed by atoms with Crippen LogP contribution >= 0.6 is 0 Å². The maximum absolute atomic E-state index is 12.0. The van der Waals surface area contributed by atoms with E-state index in [0.29, 0.717) is 0 Å². The lowest BCUT2D eigenvalue weighted by Gasteiger charge is -2.21. The Hall–Kier alpha value is -1.84. The van der Waals surface area contributed by atoms with Gasteiger partial charge in [-0.05, 0) is 30.9 Å². The maximum Gasteiger partial charge on any atom is 0.326 e. The molecule has 1 rings (SSSR count). The number of nitrogens with zero attached hydrogens (tertiary/aromatic N) is 1. The van der Waals surface area contributed by atoms with Gasteiger partial charge in [0.15, 0.2) is 0 Å². The van der Waals surface area contributed by atoms with Crippen molar-refractivity contribution in [2.24, 2.45) is 0 Å². The Morgan fingerprint density at radius 2 is 1.75 bits per heavy atom. The number of carboxylic acid groups (broad SMARTS) is 1. The summed E-state index contributed by atoms with van der Waals surface area (Å²) in [6.45, 7) is 3.67. The topological polar surface area (TPSA) is 57.6 Å². The van der Waals surface area contributed by atoms with Crippen LogP contribution < -0.4 is 0 Å². The SMILES string of the molecule is CCCCc1ccc(CC(=O)N(C)C(C)C(=O)O)cc1. The molecular formula is C16H23NO3. The van der Waals surface area contributed by atoms with Crippen molar-refractivity contribution in [2.45, 2.75) is 45.6 Å². The van der Waals surface area contributed by atoms with Crippen LogP contribution in [0.5, 0.6) is 0 Å². The fourth-order valence-electron chi connectivity index (χ4n) is 1.89. The molecule has 0 saturated carbocycles. The normalized spacial score (nSPS) is 11.9. The van der Waals surface area contributed by atoms with Gasteiger partial charge in [-0.25, -0.2) is 4.79 Å². The van der Waals surface area contributed by atoms with Crippen LogP contribution in [0, 0.1) is 0 Å². The molecule has 20 heavy (non-hydrogen) atoms. The molecule has 0 aromatic heterocycles. The second-order valence-corrected chi connectivity index (χ2v) is 5.12.